The molecule has 0 unspecified atom stereocenters. The van der Waals surface area contributed by atoms with Crippen molar-refractivity contribution in [2.45, 2.75) is 51.1 Å². The lowest BCUT2D eigenvalue weighted by Gasteiger charge is -2.38. The normalized spacial score (nSPS) is 25.9. The Morgan fingerprint density at radius 2 is 1.86 bits per heavy atom. The molecule has 4 heteroatoms. The van der Waals surface area contributed by atoms with E-state index in [0.29, 0.717) is 18.0 Å². The van der Waals surface area contributed by atoms with Crippen molar-refractivity contribution in [2.75, 3.05) is 6.54 Å². The monoisotopic (exact) mass is 286 g/mol. The van der Waals surface area contributed by atoms with Gasteiger partial charge in [-0.1, -0.05) is 25.1 Å². The summed E-state index contributed by atoms with van der Waals surface area (Å²) in [6, 6.07) is 8.08. The van der Waals surface area contributed by atoms with Gasteiger partial charge in [0.25, 0.3) is 5.91 Å². The zero-order chi connectivity index (χ0) is 14.8. The number of benzene rings is 1. The molecule has 1 aromatic carbocycles. The van der Waals surface area contributed by atoms with Crippen molar-refractivity contribution in [3.05, 3.63) is 35.4 Å². The first-order valence-electron chi connectivity index (χ1n) is 7.88. The second kappa shape index (κ2) is 5.98. The van der Waals surface area contributed by atoms with Crippen molar-refractivity contribution in [3.8, 4) is 0 Å². The van der Waals surface area contributed by atoms with E-state index in [2.05, 4.69) is 12.2 Å². The van der Waals surface area contributed by atoms with Gasteiger partial charge in [0.15, 0.2) is 0 Å². The number of amides is 2. The first-order chi connectivity index (χ1) is 10.2. The number of nitrogens with one attached hydrogen (secondary N) is 1. The maximum atomic E-state index is 12.6. The van der Waals surface area contributed by atoms with Gasteiger partial charge in [-0.25, -0.2) is 0 Å². The van der Waals surface area contributed by atoms with Gasteiger partial charge in [0, 0.05) is 17.6 Å². The first-order valence-corrected chi connectivity index (χ1v) is 7.88. The molecule has 0 aromatic heterocycles. The first kappa shape index (κ1) is 14.3. The number of carbonyl (C=O) groups is 2. The van der Waals surface area contributed by atoms with Gasteiger partial charge < -0.3 is 5.32 Å². The van der Waals surface area contributed by atoms with Crippen LogP contribution in [-0.4, -0.2) is 35.3 Å². The second-order valence-electron chi connectivity index (χ2n) is 5.97. The molecule has 0 bridgehead atoms. The highest BCUT2D eigenvalue weighted by Gasteiger charge is 2.37. The molecule has 1 aliphatic heterocycles. The van der Waals surface area contributed by atoms with Gasteiger partial charge in [0.05, 0.1) is 6.42 Å². The number of hydrogen-bond donors (Lipinski definition) is 1. The Hall–Kier alpha value is -1.68. The van der Waals surface area contributed by atoms with Crippen LogP contribution in [0.2, 0.25) is 0 Å². The van der Waals surface area contributed by atoms with Crippen molar-refractivity contribution in [3.63, 3.8) is 0 Å². The van der Waals surface area contributed by atoms with Crippen LogP contribution in [0.3, 0.4) is 0 Å². The Morgan fingerprint density at radius 1 is 1.14 bits per heavy atom. The van der Waals surface area contributed by atoms with E-state index in [9.17, 15) is 9.59 Å². The summed E-state index contributed by atoms with van der Waals surface area (Å²) in [6.45, 7) is 3.09. The number of imide groups is 1. The van der Waals surface area contributed by atoms with Crippen LogP contribution < -0.4 is 5.32 Å². The number of hydrogen-bond acceptors (Lipinski definition) is 3. The molecule has 21 heavy (non-hydrogen) atoms. The fourth-order valence-corrected chi connectivity index (χ4v) is 3.57. The molecular formula is C17H22N2O2. The van der Waals surface area contributed by atoms with Crippen LogP contribution in [0.15, 0.2) is 24.3 Å². The van der Waals surface area contributed by atoms with Crippen molar-refractivity contribution in [1.82, 2.24) is 10.2 Å². The van der Waals surface area contributed by atoms with E-state index in [4.69, 9.17) is 0 Å². The minimum Gasteiger partial charge on any atom is -0.314 e. The predicted molar refractivity (Wildman–Crippen MR) is 81.0 cm³/mol. The average Bonchev–Trinajstić information content (AvgIpc) is 2.49. The van der Waals surface area contributed by atoms with Crippen LogP contribution >= 0.6 is 0 Å². The lowest BCUT2D eigenvalue weighted by atomic mass is 9.88. The predicted octanol–water partition coefficient (Wildman–Crippen LogP) is 2.13. The minimum absolute atomic E-state index is 0.0365. The molecule has 0 saturated heterocycles. The second-order valence-corrected chi connectivity index (χ2v) is 5.97. The van der Waals surface area contributed by atoms with E-state index in [1.165, 1.54) is 4.90 Å². The summed E-state index contributed by atoms with van der Waals surface area (Å²) in [6.07, 6.45) is 4.26. The van der Waals surface area contributed by atoms with Crippen molar-refractivity contribution in [2.24, 2.45) is 0 Å². The van der Waals surface area contributed by atoms with Crippen LogP contribution in [0.25, 0.3) is 0 Å². The van der Waals surface area contributed by atoms with Gasteiger partial charge in [0.1, 0.15) is 0 Å². The Bertz CT molecular complexity index is 547. The number of rotatable bonds is 3. The van der Waals surface area contributed by atoms with E-state index in [-0.39, 0.29) is 17.9 Å². The lowest BCUT2D eigenvalue weighted by Crippen LogP contribution is -2.51. The molecule has 2 aliphatic rings. The third kappa shape index (κ3) is 2.72. The molecule has 1 N–H and O–H groups in total. The van der Waals surface area contributed by atoms with Crippen LogP contribution in [0.5, 0.6) is 0 Å². The lowest BCUT2D eigenvalue weighted by molar-refractivity contribution is -0.130. The Kier molecular flexibility index (Phi) is 4.06. The molecule has 3 rings (SSSR count). The van der Waals surface area contributed by atoms with Gasteiger partial charge in [-0.15, -0.1) is 0 Å². The van der Waals surface area contributed by atoms with Gasteiger partial charge in [-0.05, 0) is 43.9 Å². The van der Waals surface area contributed by atoms with Gasteiger partial charge in [-0.2, -0.15) is 0 Å². The Labute approximate surface area is 125 Å². The highest BCUT2D eigenvalue weighted by atomic mass is 16.2. The molecule has 2 amide bonds. The van der Waals surface area contributed by atoms with Crippen molar-refractivity contribution in [1.29, 1.82) is 0 Å². The molecule has 1 aliphatic carbocycles. The smallest absolute Gasteiger partial charge is 0.261 e. The summed E-state index contributed by atoms with van der Waals surface area (Å²) in [4.78, 5) is 26.5. The molecule has 1 saturated carbocycles. The minimum atomic E-state index is -0.103. The summed E-state index contributed by atoms with van der Waals surface area (Å²) >= 11 is 0. The maximum Gasteiger partial charge on any atom is 0.261 e. The van der Waals surface area contributed by atoms with Crippen molar-refractivity contribution >= 4 is 11.8 Å². The Morgan fingerprint density at radius 3 is 2.57 bits per heavy atom. The largest absolute Gasteiger partial charge is 0.314 e. The molecule has 1 heterocycles. The van der Waals surface area contributed by atoms with Crippen LogP contribution in [0.4, 0.5) is 0 Å². The molecule has 1 aromatic rings. The SMILES string of the molecule is CCNC1CCC(N2C(=O)Cc3ccccc3C2=O)CC1. The molecule has 112 valence electrons. The van der Waals surface area contributed by atoms with Gasteiger partial charge in [-0.3, -0.25) is 14.5 Å². The number of nitrogens with zero attached hydrogens (tertiary/aromatic N) is 1. The quantitative estimate of drug-likeness (QED) is 0.866. The molecule has 1 fully saturated rings. The zero-order valence-corrected chi connectivity index (χ0v) is 12.5. The van der Waals surface area contributed by atoms with E-state index < -0.39 is 0 Å². The van der Waals surface area contributed by atoms with E-state index in [1.54, 1.807) is 0 Å². The molecule has 0 radical (unpaired) electrons. The highest BCUT2D eigenvalue weighted by molar-refractivity contribution is 6.09. The summed E-state index contributed by atoms with van der Waals surface area (Å²) in [5.74, 6) is -0.139. The maximum absolute atomic E-state index is 12.6. The third-order valence-electron chi connectivity index (χ3n) is 4.63. The van der Waals surface area contributed by atoms with E-state index in [0.717, 1.165) is 37.8 Å². The van der Waals surface area contributed by atoms with Gasteiger partial charge in [0.2, 0.25) is 5.91 Å². The van der Waals surface area contributed by atoms with E-state index >= 15 is 0 Å². The summed E-state index contributed by atoms with van der Waals surface area (Å²) < 4.78 is 0. The molecular weight excluding hydrogens is 264 g/mol. The number of fused-ring (bicyclic) bond motifs is 1. The van der Waals surface area contributed by atoms with Crippen LogP contribution in [-0.2, 0) is 11.2 Å². The highest BCUT2D eigenvalue weighted by Crippen LogP contribution is 2.28. The standard InChI is InChI=1S/C17H22N2O2/c1-2-18-13-7-9-14(10-8-13)19-16(20)11-12-5-3-4-6-15(12)17(19)21/h3-6,13-14,18H,2,7-11H2,1H3. The topological polar surface area (TPSA) is 49.4 Å². The summed E-state index contributed by atoms with van der Waals surface area (Å²) in [7, 11) is 0. The molecule has 0 atom stereocenters. The molecule has 0 spiro atoms. The number of carbonyl (C=O) groups excluding carboxylic acids is 2. The molecule has 4 nitrogen and oxygen atoms in total. The van der Waals surface area contributed by atoms with Crippen LogP contribution in [0, 0.1) is 0 Å². The van der Waals surface area contributed by atoms with Crippen molar-refractivity contribution < 1.29 is 9.59 Å². The van der Waals surface area contributed by atoms with Gasteiger partial charge >= 0.3 is 0 Å². The third-order valence-corrected chi connectivity index (χ3v) is 4.63. The summed E-state index contributed by atoms with van der Waals surface area (Å²) in [5, 5.41) is 3.46. The Balaban J connectivity index is 1.75. The summed E-state index contributed by atoms with van der Waals surface area (Å²) in [5.41, 5.74) is 1.57. The van der Waals surface area contributed by atoms with Crippen LogP contribution in [0.1, 0.15) is 48.5 Å². The average molecular weight is 286 g/mol. The zero-order valence-electron chi connectivity index (χ0n) is 12.5. The fourth-order valence-electron chi connectivity index (χ4n) is 3.57. The fraction of sp³-hybridized carbons (Fsp3) is 0.529. The van der Waals surface area contributed by atoms with E-state index in [1.807, 2.05) is 24.3 Å².